The van der Waals surface area contributed by atoms with Crippen molar-refractivity contribution in [3.8, 4) is 5.75 Å². The van der Waals surface area contributed by atoms with Crippen molar-refractivity contribution in [3.05, 3.63) is 28.7 Å². The van der Waals surface area contributed by atoms with E-state index in [1.165, 1.54) is 0 Å². The molecule has 1 aromatic rings. The number of aliphatic carboxylic acids is 1. The highest BCUT2D eigenvalue weighted by Crippen LogP contribution is 2.17. The lowest BCUT2D eigenvalue weighted by Gasteiger charge is -2.28. The van der Waals surface area contributed by atoms with Crippen LogP contribution in [0.4, 0.5) is 0 Å². The lowest BCUT2D eigenvalue weighted by molar-refractivity contribution is -0.148. The zero-order chi connectivity index (χ0) is 15.9. The van der Waals surface area contributed by atoms with E-state index in [9.17, 15) is 14.7 Å². The van der Waals surface area contributed by atoms with Gasteiger partial charge in [-0.2, -0.15) is 0 Å². The van der Waals surface area contributed by atoms with Crippen molar-refractivity contribution in [1.29, 1.82) is 0 Å². The number of benzene rings is 1. The topological polar surface area (TPSA) is 75.6 Å². The summed E-state index contributed by atoms with van der Waals surface area (Å²) in [5.74, 6) is -0.658. The van der Waals surface area contributed by atoms with Crippen LogP contribution in [0.5, 0.6) is 5.75 Å². The fourth-order valence-corrected chi connectivity index (χ4v) is 2.17. The summed E-state index contributed by atoms with van der Waals surface area (Å²) >= 11 is 3.32. The van der Waals surface area contributed by atoms with Gasteiger partial charge in [-0.1, -0.05) is 29.8 Å². The van der Waals surface area contributed by atoms with Crippen LogP contribution in [0, 0.1) is 0 Å². The zero-order valence-electron chi connectivity index (χ0n) is 12.2. The van der Waals surface area contributed by atoms with Crippen LogP contribution in [-0.4, -0.2) is 29.1 Å². The molecule has 6 heteroatoms. The second-order valence-corrected chi connectivity index (χ2v) is 5.61. The molecular formula is C15H20BrNO4. The van der Waals surface area contributed by atoms with Gasteiger partial charge in [-0.25, -0.2) is 4.79 Å². The number of amides is 1. The molecule has 0 radical (unpaired) electrons. The average Bonchev–Trinajstić information content (AvgIpc) is 2.46. The van der Waals surface area contributed by atoms with Gasteiger partial charge in [0.05, 0.1) is 13.0 Å². The van der Waals surface area contributed by atoms with Gasteiger partial charge in [0.25, 0.3) is 0 Å². The second-order valence-electron chi connectivity index (χ2n) is 4.69. The number of ether oxygens (including phenoxy) is 1. The number of halogens is 1. The van der Waals surface area contributed by atoms with Crippen LogP contribution in [0.25, 0.3) is 0 Å². The third kappa shape index (κ3) is 5.04. The van der Waals surface area contributed by atoms with Crippen LogP contribution in [0.2, 0.25) is 0 Å². The molecule has 0 aliphatic carbocycles. The Bertz CT molecular complexity index is 483. The quantitative estimate of drug-likeness (QED) is 0.749. The molecule has 1 amide bonds. The first-order valence-electron chi connectivity index (χ1n) is 6.86. The molecule has 5 nitrogen and oxygen atoms in total. The van der Waals surface area contributed by atoms with Crippen molar-refractivity contribution in [2.75, 3.05) is 6.61 Å². The summed E-state index contributed by atoms with van der Waals surface area (Å²) in [6.45, 7) is 3.70. The fourth-order valence-electron chi connectivity index (χ4n) is 1.90. The maximum atomic E-state index is 11.9. The van der Waals surface area contributed by atoms with Crippen LogP contribution < -0.4 is 10.1 Å². The molecule has 0 saturated carbocycles. The van der Waals surface area contributed by atoms with E-state index < -0.39 is 11.5 Å². The van der Waals surface area contributed by atoms with Gasteiger partial charge in [-0.15, -0.1) is 0 Å². The van der Waals surface area contributed by atoms with Crippen LogP contribution in [0.3, 0.4) is 0 Å². The van der Waals surface area contributed by atoms with Crippen molar-refractivity contribution < 1.29 is 19.4 Å². The van der Waals surface area contributed by atoms with E-state index >= 15 is 0 Å². The Hall–Kier alpha value is -1.56. The average molecular weight is 358 g/mol. The Labute approximate surface area is 132 Å². The number of carbonyl (C=O) groups excluding carboxylic acids is 1. The Morgan fingerprint density at radius 3 is 2.29 bits per heavy atom. The van der Waals surface area contributed by atoms with Crippen LogP contribution in [0.15, 0.2) is 28.7 Å². The van der Waals surface area contributed by atoms with Gasteiger partial charge < -0.3 is 15.2 Å². The number of carbonyl (C=O) groups is 2. The monoisotopic (exact) mass is 357 g/mol. The normalized spacial score (nSPS) is 11.0. The van der Waals surface area contributed by atoms with Gasteiger partial charge in [-0.3, -0.25) is 4.79 Å². The fraction of sp³-hybridized carbons (Fsp3) is 0.467. The van der Waals surface area contributed by atoms with Gasteiger partial charge in [0.1, 0.15) is 11.3 Å². The number of rotatable bonds is 8. The zero-order valence-corrected chi connectivity index (χ0v) is 13.8. The molecule has 116 valence electrons. The van der Waals surface area contributed by atoms with Crippen LogP contribution in [-0.2, 0) is 9.59 Å². The molecule has 1 aromatic carbocycles. The van der Waals surface area contributed by atoms with Gasteiger partial charge in [0, 0.05) is 4.47 Å². The smallest absolute Gasteiger partial charge is 0.329 e. The summed E-state index contributed by atoms with van der Waals surface area (Å²) < 4.78 is 6.39. The Morgan fingerprint density at radius 1 is 1.24 bits per heavy atom. The molecular weight excluding hydrogens is 338 g/mol. The maximum Gasteiger partial charge on any atom is 0.329 e. The SMILES string of the molecule is CCC(CC)(NC(=O)CCOc1ccc(Br)cc1)C(=O)O. The molecule has 0 fully saturated rings. The molecule has 0 spiro atoms. The number of nitrogens with one attached hydrogen (secondary N) is 1. The summed E-state index contributed by atoms with van der Waals surface area (Å²) in [6.07, 6.45) is 0.807. The molecule has 0 saturated heterocycles. The van der Waals surface area contributed by atoms with Crippen LogP contribution in [0.1, 0.15) is 33.1 Å². The lowest BCUT2D eigenvalue weighted by atomic mass is 9.93. The van der Waals surface area contributed by atoms with Crippen molar-refractivity contribution in [1.82, 2.24) is 5.32 Å². The van der Waals surface area contributed by atoms with Crippen molar-refractivity contribution in [2.24, 2.45) is 0 Å². The minimum Gasteiger partial charge on any atom is -0.493 e. The lowest BCUT2D eigenvalue weighted by Crippen LogP contribution is -2.53. The van der Waals surface area contributed by atoms with Gasteiger partial charge in [0.2, 0.25) is 5.91 Å². The highest BCUT2D eigenvalue weighted by atomic mass is 79.9. The second kappa shape index (κ2) is 8.02. The number of carboxylic acid groups (broad SMARTS) is 1. The van der Waals surface area contributed by atoms with E-state index in [1.807, 2.05) is 12.1 Å². The standard InChI is InChI=1S/C15H20BrNO4/c1-3-15(4-2,14(19)20)17-13(18)9-10-21-12-7-5-11(16)6-8-12/h5-8H,3-4,9-10H2,1-2H3,(H,17,18)(H,19,20). The molecule has 0 aromatic heterocycles. The highest BCUT2D eigenvalue weighted by Gasteiger charge is 2.36. The Morgan fingerprint density at radius 2 is 1.81 bits per heavy atom. The third-order valence-corrected chi connectivity index (χ3v) is 3.94. The number of carboxylic acids is 1. The minimum absolute atomic E-state index is 0.116. The van der Waals surface area contributed by atoms with Gasteiger partial charge in [-0.05, 0) is 37.1 Å². The van der Waals surface area contributed by atoms with Crippen molar-refractivity contribution in [3.63, 3.8) is 0 Å². The third-order valence-electron chi connectivity index (χ3n) is 3.41. The number of hydrogen-bond acceptors (Lipinski definition) is 3. The van der Waals surface area contributed by atoms with E-state index in [4.69, 9.17) is 4.74 Å². The largest absolute Gasteiger partial charge is 0.493 e. The van der Waals surface area contributed by atoms with Gasteiger partial charge >= 0.3 is 5.97 Å². The van der Waals surface area contributed by atoms with E-state index in [-0.39, 0.29) is 18.9 Å². The summed E-state index contributed by atoms with van der Waals surface area (Å²) in [5, 5.41) is 11.9. The first kappa shape index (κ1) is 17.5. The van der Waals surface area contributed by atoms with Gasteiger partial charge in [0.15, 0.2) is 0 Å². The van der Waals surface area contributed by atoms with E-state index in [2.05, 4.69) is 21.2 Å². The first-order chi connectivity index (χ1) is 9.93. The first-order valence-corrected chi connectivity index (χ1v) is 7.65. The molecule has 0 atom stereocenters. The maximum absolute atomic E-state index is 11.9. The summed E-state index contributed by atoms with van der Waals surface area (Å²) in [4.78, 5) is 23.2. The summed E-state index contributed by atoms with van der Waals surface area (Å²) in [6, 6.07) is 7.28. The number of hydrogen-bond donors (Lipinski definition) is 2. The summed E-state index contributed by atoms with van der Waals surface area (Å²) in [5.41, 5.74) is -1.19. The molecule has 0 heterocycles. The summed E-state index contributed by atoms with van der Waals surface area (Å²) in [7, 11) is 0. The van der Waals surface area contributed by atoms with Crippen LogP contribution >= 0.6 is 15.9 Å². The minimum atomic E-state index is -1.19. The van der Waals surface area contributed by atoms with Crippen molar-refractivity contribution in [2.45, 2.75) is 38.6 Å². The molecule has 2 N–H and O–H groups in total. The Kier molecular flexibility index (Phi) is 6.68. The van der Waals surface area contributed by atoms with E-state index in [0.717, 1.165) is 4.47 Å². The molecule has 0 bridgehead atoms. The molecule has 0 aliphatic heterocycles. The molecule has 1 rings (SSSR count). The van der Waals surface area contributed by atoms with E-state index in [1.54, 1.807) is 26.0 Å². The molecule has 0 aliphatic rings. The van der Waals surface area contributed by atoms with E-state index in [0.29, 0.717) is 18.6 Å². The highest BCUT2D eigenvalue weighted by molar-refractivity contribution is 9.10. The predicted octanol–water partition coefficient (Wildman–Crippen LogP) is 2.98. The van der Waals surface area contributed by atoms with Crippen molar-refractivity contribution >= 4 is 27.8 Å². The molecule has 0 unspecified atom stereocenters. The Balaban J connectivity index is 2.46. The predicted molar refractivity (Wildman–Crippen MR) is 83.3 cm³/mol. The molecule has 21 heavy (non-hydrogen) atoms.